The summed E-state index contributed by atoms with van der Waals surface area (Å²) in [6.45, 7) is 1.90. The van der Waals surface area contributed by atoms with Crippen molar-refractivity contribution in [1.29, 1.82) is 0 Å². The fourth-order valence-corrected chi connectivity index (χ4v) is 2.33. The molecular formula is C19H17F5O. The lowest BCUT2D eigenvalue weighted by atomic mass is 10.0. The van der Waals surface area contributed by atoms with Crippen LogP contribution in [0.1, 0.15) is 18.4 Å². The molecule has 0 saturated heterocycles. The third-order valence-electron chi connectivity index (χ3n) is 3.54. The van der Waals surface area contributed by atoms with Crippen LogP contribution in [0.25, 0.3) is 11.1 Å². The summed E-state index contributed by atoms with van der Waals surface area (Å²) in [4.78, 5) is 0. The van der Waals surface area contributed by atoms with Gasteiger partial charge in [0.25, 0.3) is 0 Å². The molecule has 134 valence electrons. The van der Waals surface area contributed by atoms with E-state index in [9.17, 15) is 22.0 Å². The fourth-order valence-electron chi connectivity index (χ4n) is 2.33. The van der Waals surface area contributed by atoms with Gasteiger partial charge in [-0.05, 0) is 48.1 Å². The molecule has 0 heterocycles. The molecule has 6 heteroatoms. The van der Waals surface area contributed by atoms with Gasteiger partial charge in [-0.15, -0.1) is 6.58 Å². The van der Waals surface area contributed by atoms with E-state index < -0.39 is 30.2 Å². The smallest absolute Gasteiger partial charge is 0.422 e. The Balaban J connectivity index is 2.16. The second-order valence-electron chi connectivity index (χ2n) is 5.55. The minimum Gasteiger partial charge on any atom is -0.478 e. The summed E-state index contributed by atoms with van der Waals surface area (Å²) in [6, 6.07) is 9.05. The molecular weight excluding hydrogens is 339 g/mol. The molecule has 0 bridgehead atoms. The van der Waals surface area contributed by atoms with Crippen LogP contribution in [0.15, 0.2) is 49.1 Å². The molecule has 0 aromatic heterocycles. The van der Waals surface area contributed by atoms with Gasteiger partial charge in [-0.3, -0.25) is 0 Å². The Kier molecular flexibility index (Phi) is 6.17. The number of aryl methyl sites for hydroxylation is 1. The fraction of sp³-hybridized carbons (Fsp3) is 0.263. The highest BCUT2D eigenvalue weighted by molar-refractivity contribution is 5.65. The Morgan fingerprint density at radius 3 is 2.08 bits per heavy atom. The Labute approximate surface area is 142 Å². The molecule has 0 amide bonds. The zero-order valence-corrected chi connectivity index (χ0v) is 13.4. The van der Waals surface area contributed by atoms with Gasteiger partial charge < -0.3 is 4.74 Å². The SMILES string of the molecule is C=CCCCc1ccc(-c2cc(F)c(OCC(F)(F)F)c(F)c2)cc1. The monoisotopic (exact) mass is 356 g/mol. The van der Waals surface area contributed by atoms with E-state index in [1.165, 1.54) is 0 Å². The van der Waals surface area contributed by atoms with Gasteiger partial charge >= 0.3 is 6.18 Å². The van der Waals surface area contributed by atoms with Crippen molar-refractivity contribution in [2.24, 2.45) is 0 Å². The van der Waals surface area contributed by atoms with Crippen LogP contribution < -0.4 is 4.74 Å². The molecule has 2 aromatic rings. The number of hydrogen-bond acceptors (Lipinski definition) is 1. The molecule has 0 saturated carbocycles. The van der Waals surface area contributed by atoms with Crippen molar-refractivity contribution in [3.8, 4) is 16.9 Å². The maximum absolute atomic E-state index is 13.9. The van der Waals surface area contributed by atoms with Crippen molar-refractivity contribution in [2.75, 3.05) is 6.61 Å². The zero-order valence-electron chi connectivity index (χ0n) is 13.4. The zero-order chi connectivity index (χ0) is 18.4. The van der Waals surface area contributed by atoms with Gasteiger partial charge in [0, 0.05) is 0 Å². The standard InChI is InChI=1S/C19H17F5O/c1-2-3-4-5-13-6-8-14(9-7-13)15-10-16(20)18(17(21)11-15)25-12-19(22,23)24/h2,6-11H,1,3-5,12H2. The first-order valence-electron chi connectivity index (χ1n) is 7.69. The normalized spacial score (nSPS) is 11.4. The lowest BCUT2D eigenvalue weighted by molar-refractivity contribution is -0.154. The Hall–Kier alpha value is -2.37. The van der Waals surface area contributed by atoms with Crippen LogP contribution in [0, 0.1) is 11.6 Å². The van der Waals surface area contributed by atoms with Crippen LogP contribution in [0.3, 0.4) is 0 Å². The van der Waals surface area contributed by atoms with Gasteiger partial charge in [0.05, 0.1) is 0 Å². The number of halogens is 5. The lowest BCUT2D eigenvalue weighted by Gasteiger charge is -2.12. The van der Waals surface area contributed by atoms with Gasteiger partial charge in [-0.2, -0.15) is 13.2 Å². The summed E-state index contributed by atoms with van der Waals surface area (Å²) in [6.07, 6.45) is -0.116. The third-order valence-corrected chi connectivity index (χ3v) is 3.54. The van der Waals surface area contributed by atoms with Crippen LogP contribution in [0.4, 0.5) is 22.0 Å². The minimum atomic E-state index is -4.67. The molecule has 0 unspecified atom stereocenters. The Bertz CT molecular complexity index is 697. The van der Waals surface area contributed by atoms with E-state index in [0.717, 1.165) is 37.0 Å². The molecule has 25 heavy (non-hydrogen) atoms. The number of hydrogen-bond donors (Lipinski definition) is 0. The summed E-state index contributed by atoms with van der Waals surface area (Å²) >= 11 is 0. The lowest BCUT2D eigenvalue weighted by Crippen LogP contribution is -2.20. The van der Waals surface area contributed by atoms with Crippen molar-refractivity contribution in [2.45, 2.75) is 25.4 Å². The highest BCUT2D eigenvalue weighted by Crippen LogP contribution is 2.30. The maximum atomic E-state index is 13.9. The number of rotatable bonds is 7. The Morgan fingerprint density at radius 1 is 0.960 bits per heavy atom. The van der Waals surface area contributed by atoms with Gasteiger partial charge in [0.1, 0.15) is 0 Å². The van der Waals surface area contributed by atoms with E-state index in [0.29, 0.717) is 5.56 Å². The number of benzene rings is 2. The van der Waals surface area contributed by atoms with Gasteiger partial charge in [0.2, 0.25) is 0 Å². The van der Waals surface area contributed by atoms with Crippen molar-refractivity contribution in [3.63, 3.8) is 0 Å². The topological polar surface area (TPSA) is 9.23 Å². The molecule has 0 aliphatic carbocycles. The van der Waals surface area contributed by atoms with E-state index in [1.54, 1.807) is 12.1 Å². The largest absolute Gasteiger partial charge is 0.478 e. The average molecular weight is 356 g/mol. The summed E-state index contributed by atoms with van der Waals surface area (Å²) in [7, 11) is 0. The highest BCUT2D eigenvalue weighted by Gasteiger charge is 2.29. The average Bonchev–Trinajstić information content (AvgIpc) is 2.54. The predicted octanol–water partition coefficient (Wildman–Crippen LogP) is 6.08. The van der Waals surface area contributed by atoms with E-state index >= 15 is 0 Å². The first-order valence-corrected chi connectivity index (χ1v) is 7.69. The van der Waals surface area contributed by atoms with E-state index in [2.05, 4.69) is 11.3 Å². The number of alkyl halides is 3. The molecule has 1 nitrogen and oxygen atoms in total. The van der Waals surface area contributed by atoms with Gasteiger partial charge in [-0.25, -0.2) is 8.78 Å². The minimum absolute atomic E-state index is 0.229. The molecule has 2 aromatic carbocycles. The summed E-state index contributed by atoms with van der Waals surface area (Å²) < 4.78 is 68.4. The molecule has 0 N–H and O–H groups in total. The molecule has 0 fully saturated rings. The summed E-state index contributed by atoms with van der Waals surface area (Å²) in [5, 5.41) is 0. The van der Waals surface area contributed by atoms with Crippen LogP contribution in [0.5, 0.6) is 5.75 Å². The quantitative estimate of drug-likeness (QED) is 0.332. The van der Waals surface area contributed by atoms with Gasteiger partial charge in [-0.1, -0.05) is 30.3 Å². The molecule has 0 aliphatic rings. The third kappa shape index (κ3) is 5.59. The first-order chi connectivity index (χ1) is 11.8. The molecule has 0 aliphatic heterocycles. The number of ether oxygens (including phenoxy) is 1. The van der Waals surface area contributed by atoms with Crippen LogP contribution in [-0.4, -0.2) is 12.8 Å². The van der Waals surface area contributed by atoms with Gasteiger partial charge in [0.15, 0.2) is 24.0 Å². The maximum Gasteiger partial charge on any atom is 0.422 e. The Morgan fingerprint density at radius 2 is 1.56 bits per heavy atom. The first kappa shape index (κ1) is 19.0. The van der Waals surface area contributed by atoms with Crippen LogP contribution in [-0.2, 0) is 6.42 Å². The molecule has 2 rings (SSSR count). The second kappa shape index (κ2) is 8.14. The molecule has 0 atom stereocenters. The van der Waals surface area contributed by atoms with E-state index in [1.807, 2.05) is 18.2 Å². The highest BCUT2D eigenvalue weighted by atomic mass is 19.4. The summed E-state index contributed by atoms with van der Waals surface area (Å²) in [5.41, 5.74) is 1.87. The predicted molar refractivity (Wildman–Crippen MR) is 86.5 cm³/mol. The second-order valence-corrected chi connectivity index (χ2v) is 5.55. The van der Waals surface area contributed by atoms with Crippen molar-refractivity contribution < 1.29 is 26.7 Å². The molecule has 0 radical (unpaired) electrons. The number of unbranched alkanes of at least 4 members (excludes halogenated alkanes) is 1. The van der Waals surface area contributed by atoms with Crippen LogP contribution >= 0.6 is 0 Å². The van der Waals surface area contributed by atoms with Crippen molar-refractivity contribution in [3.05, 3.63) is 66.3 Å². The number of allylic oxidation sites excluding steroid dienone is 1. The molecule has 0 spiro atoms. The van der Waals surface area contributed by atoms with Crippen molar-refractivity contribution >= 4 is 0 Å². The van der Waals surface area contributed by atoms with Crippen molar-refractivity contribution in [1.82, 2.24) is 0 Å². The summed E-state index contributed by atoms with van der Waals surface area (Å²) in [5.74, 6) is -3.37. The van der Waals surface area contributed by atoms with E-state index in [4.69, 9.17) is 0 Å². The van der Waals surface area contributed by atoms with E-state index in [-0.39, 0.29) is 5.56 Å². The van der Waals surface area contributed by atoms with Crippen LogP contribution in [0.2, 0.25) is 0 Å².